The molecule has 1 atom stereocenters. The maximum absolute atomic E-state index is 5.56. The van der Waals surface area contributed by atoms with Gasteiger partial charge in [0, 0.05) is 0 Å². The van der Waals surface area contributed by atoms with E-state index in [4.69, 9.17) is 4.74 Å². The number of hydrogen-bond acceptors (Lipinski definition) is 1. The van der Waals surface area contributed by atoms with Crippen molar-refractivity contribution in [2.75, 3.05) is 7.11 Å². The van der Waals surface area contributed by atoms with Gasteiger partial charge in [-0.2, -0.15) is 0 Å². The van der Waals surface area contributed by atoms with Gasteiger partial charge < -0.3 is 4.74 Å². The molecule has 22 heavy (non-hydrogen) atoms. The Morgan fingerprint density at radius 1 is 0.955 bits per heavy atom. The van der Waals surface area contributed by atoms with E-state index in [1.807, 2.05) is 0 Å². The molecule has 1 unspecified atom stereocenters. The number of para-hydroxylation sites is 1. The highest BCUT2D eigenvalue weighted by atomic mass is 28.3. The minimum Gasteiger partial charge on any atom is -0.496 e. The van der Waals surface area contributed by atoms with Crippen molar-refractivity contribution >= 4 is 13.3 Å². The Bertz CT molecular complexity index is 577. The Kier molecular flexibility index (Phi) is 5.84. The fourth-order valence-corrected chi connectivity index (χ4v) is 5.61. The van der Waals surface area contributed by atoms with E-state index < -0.39 is 8.07 Å². The molecular weight excluding hydrogens is 284 g/mol. The Morgan fingerprint density at radius 2 is 1.59 bits per heavy atom. The van der Waals surface area contributed by atoms with Crippen molar-refractivity contribution < 1.29 is 4.74 Å². The number of methoxy groups -OCH3 is 1. The van der Waals surface area contributed by atoms with Crippen LogP contribution in [0.25, 0.3) is 0 Å². The molecule has 2 heteroatoms. The van der Waals surface area contributed by atoms with Crippen molar-refractivity contribution in [1.82, 2.24) is 0 Å². The fraction of sp³-hybridized carbons (Fsp3) is 0.400. The highest BCUT2D eigenvalue weighted by Crippen LogP contribution is 2.33. The Balaban J connectivity index is 2.11. The molecule has 2 rings (SSSR count). The van der Waals surface area contributed by atoms with Gasteiger partial charge in [0.1, 0.15) is 5.75 Å². The monoisotopic (exact) mass is 312 g/mol. The van der Waals surface area contributed by atoms with Gasteiger partial charge in [0.2, 0.25) is 0 Å². The van der Waals surface area contributed by atoms with Gasteiger partial charge in [0.15, 0.2) is 0 Å². The zero-order valence-electron chi connectivity index (χ0n) is 14.3. The van der Waals surface area contributed by atoms with E-state index in [0.717, 1.165) is 5.75 Å². The maximum atomic E-state index is 5.56. The van der Waals surface area contributed by atoms with Gasteiger partial charge in [-0.1, -0.05) is 79.8 Å². The molecule has 0 heterocycles. The lowest BCUT2D eigenvalue weighted by Gasteiger charge is -2.26. The summed E-state index contributed by atoms with van der Waals surface area (Å²) in [6, 6.07) is 20.8. The van der Waals surface area contributed by atoms with Crippen LogP contribution in [0.3, 0.4) is 0 Å². The molecule has 0 saturated heterocycles. The standard InChI is InChI=1S/C20H28OSi/c1-5-17(19-13-9-10-14-20(19)21-2)15-16-22(3,4)18-11-7-6-8-12-18/h6-14,17H,5,15-16H2,1-4H3. The Hall–Kier alpha value is -1.54. The van der Waals surface area contributed by atoms with Gasteiger partial charge >= 0.3 is 0 Å². The van der Waals surface area contributed by atoms with Gasteiger partial charge in [0.25, 0.3) is 0 Å². The zero-order chi connectivity index (χ0) is 16.0. The van der Waals surface area contributed by atoms with E-state index in [1.165, 1.54) is 24.4 Å². The van der Waals surface area contributed by atoms with E-state index in [0.29, 0.717) is 5.92 Å². The van der Waals surface area contributed by atoms with Crippen LogP contribution >= 0.6 is 0 Å². The van der Waals surface area contributed by atoms with Crippen LogP contribution in [-0.4, -0.2) is 15.2 Å². The van der Waals surface area contributed by atoms with Crippen LogP contribution in [0.15, 0.2) is 54.6 Å². The largest absolute Gasteiger partial charge is 0.496 e. The minimum atomic E-state index is -1.36. The first kappa shape index (κ1) is 16.8. The summed E-state index contributed by atoms with van der Waals surface area (Å²) in [7, 11) is 0.412. The molecule has 0 aliphatic heterocycles. The first-order chi connectivity index (χ1) is 10.6. The number of hydrogen-bond donors (Lipinski definition) is 0. The molecule has 0 N–H and O–H groups in total. The molecule has 1 nitrogen and oxygen atoms in total. The summed E-state index contributed by atoms with van der Waals surface area (Å²) < 4.78 is 5.56. The van der Waals surface area contributed by atoms with Gasteiger partial charge in [-0.15, -0.1) is 0 Å². The first-order valence-corrected chi connectivity index (χ1v) is 11.5. The predicted molar refractivity (Wildman–Crippen MR) is 99.0 cm³/mol. The van der Waals surface area contributed by atoms with E-state index in [9.17, 15) is 0 Å². The van der Waals surface area contributed by atoms with Crippen molar-refractivity contribution in [2.45, 2.75) is 44.8 Å². The topological polar surface area (TPSA) is 9.23 Å². The molecule has 0 spiro atoms. The van der Waals surface area contributed by atoms with Crippen LogP contribution < -0.4 is 9.92 Å². The van der Waals surface area contributed by atoms with Crippen LogP contribution in [0.1, 0.15) is 31.2 Å². The number of benzene rings is 2. The molecule has 0 aliphatic carbocycles. The average Bonchev–Trinajstić information content (AvgIpc) is 2.56. The SMILES string of the molecule is CCC(CC[Si](C)(C)c1ccccc1)c1ccccc1OC. The lowest BCUT2D eigenvalue weighted by molar-refractivity contribution is 0.403. The quantitative estimate of drug-likeness (QED) is 0.639. The summed E-state index contributed by atoms with van der Waals surface area (Å²) in [6.07, 6.45) is 2.41. The molecule has 0 aliphatic rings. The average molecular weight is 313 g/mol. The second-order valence-corrected chi connectivity index (χ2v) is 11.5. The summed E-state index contributed by atoms with van der Waals surface area (Å²) >= 11 is 0. The van der Waals surface area contributed by atoms with Gasteiger partial charge in [0.05, 0.1) is 15.2 Å². The van der Waals surface area contributed by atoms with Crippen molar-refractivity contribution in [2.24, 2.45) is 0 Å². The molecule has 0 saturated carbocycles. The Morgan fingerprint density at radius 3 is 2.23 bits per heavy atom. The summed E-state index contributed by atoms with van der Waals surface area (Å²) in [5.74, 6) is 1.63. The van der Waals surface area contributed by atoms with Crippen LogP contribution in [0.2, 0.25) is 19.1 Å². The zero-order valence-corrected chi connectivity index (χ0v) is 15.3. The van der Waals surface area contributed by atoms with Gasteiger partial charge in [-0.05, 0) is 30.4 Å². The van der Waals surface area contributed by atoms with E-state index in [2.05, 4.69) is 74.6 Å². The second-order valence-electron chi connectivity index (χ2n) is 6.64. The molecule has 2 aromatic rings. The van der Waals surface area contributed by atoms with Crippen LogP contribution in [0, 0.1) is 0 Å². The maximum Gasteiger partial charge on any atom is 0.122 e. The van der Waals surface area contributed by atoms with Gasteiger partial charge in [-0.25, -0.2) is 0 Å². The fourth-order valence-electron chi connectivity index (χ4n) is 3.15. The smallest absolute Gasteiger partial charge is 0.122 e. The van der Waals surface area contributed by atoms with Gasteiger partial charge in [-0.3, -0.25) is 0 Å². The van der Waals surface area contributed by atoms with E-state index in [1.54, 1.807) is 12.3 Å². The third-order valence-corrected chi connectivity index (χ3v) is 8.18. The normalized spacial score (nSPS) is 12.9. The Labute approximate surface area is 136 Å². The van der Waals surface area contributed by atoms with Crippen molar-refractivity contribution in [1.29, 1.82) is 0 Å². The summed E-state index contributed by atoms with van der Waals surface area (Å²) in [6.45, 7) is 7.25. The molecule has 118 valence electrons. The number of ether oxygens (including phenoxy) is 1. The third-order valence-electron chi connectivity index (χ3n) is 4.74. The number of rotatable bonds is 7. The molecule has 0 radical (unpaired) electrons. The third kappa shape index (κ3) is 4.01. The molecule has 0 amide bonds. The van der Waals surface area contributed by atoms with Crippen LogP contribution in [0.4, 0.5) is 0 Å². The molecule has 0 fully saturated rings. The highest BCUT2D eigenvalue weighted by Gasteiger charge is 2.25. The van der Waals surface area contributed by atoms with Crippen LogP contribution in [0.5, 0.6) is 5.75 Å². The lowest BCUT2D eigenvalue weighted by atomic mass is 9.93. The molecular formula is C20H28OSi. The lowest BCUT2D eigenvalue weighted by Crippen LogP contribution is -2.41. The molecule has 2 aromatic carbocycles. The highest BCUT2D eigenvalue weighted by molar-refractivity contribution is 6.89. The second kappa shape index (κ2) is 7.64. The van der Waals surface area contributed by atoms with Crippen molar-refractivity contribution in [3.05, 3.63) is 60.2 Å². The molecule has 0 bridgehead atoms. The van der Waals surface area contributed by atoms with Crippen molar-refractivity contribution in [3.63, 3.8) is 0 Å². The first-order valence-electron chi connectivity index (χ1n) is 8.27. The summed E-state index contributed by atoms with van der Waals surface area (Å²) in [5, 5.41) is 1.56. The van der Waals surface area contributed by atoms with Crippen molar-refractivity contribution in [3.8, 4) is 5.75 Å². The van der Waals surface area contributed by atoms with E-state index >= 15 is 0 Å². The predicted octanol–water partition coefficient (Wildman–Crippen LogP) is 5.19. The molecule has 0 aromatic heterocycles. The summed E-state index contributed by atoms with van der Waals surface area (Å²) in [4.78, 5) is 0. The summed E-state index contributed by atoms with van der Waals surface area (Å²) in [5.41, 5.74) is 1.37. The van der Waals surface area contributed by atoms with Crippen LogP contribution in [-0.2, 0) is 0 Å². The van der Waals surface area contributed by atoms with E-state index in [-0.39, 0.29) is 0 Å². The minimum absolute atomic E-state index is 0.589.